The van der Waals surface area contributed by atoms with Gasteiger partial charge in [-0.1, -0.05) is 251 Å². The third kappa shape index (κ3) is 11.2. The molecule has 1 aliphatic rings. The SMILES string of the molecule is CC(C)(C)c1ccnc(-c2[c-]cc(-c3ccccc3C3CC(c4ccccc4-c4c[c-]c(-c5cc(C(C)(C)C)ccn5)cc4Br)CC(c4ccccc4-c4c[c-]c(-c5ccc6ccccc6n5)cc4Br)C3)c(Br)c2)c1.[Ir+3]. The molecule has 1 aliphatic carbocycles. The van der Waals surface area contributed by atoms with Crippen LogP contribution in [0.5, 0.6) is 0 Å². The Kier molecular flexibility index (Phi) is 15.8. The van der Waals surface area contributed by atoms with Crippen LogP contribution in [0.2, 0.25) is 0 Å². The van der Waals surface area contributed by atoms with E-state index < -0.39 is 0 Å². The average Bonchev–Trinajstić information content (AvgIpc) is 3.42. The molecule has 2 unspecified atom stereocenters. The van der Waals surface area contributed by atoms with Crippen molar-refractivity contribution in [1.82, 2.24) is 15.0 Å². The second-order valence-corrected chi connectivity index (χ2v) is 24.7. The molecular weight excluding hydrogens is 1300 g/mol. The van der Waals surface area contributed by atoms with Crippen LogP contribution in [-0.2, 0) is 30.9 Å². The Morgan fingerprint density at radius 1 is 0.408 bits per heavy atom. The second kappa shape index (κ2) is 22.4. The summed E-state index contributed by atoms with van der Waals surface area (Å²) in [6.07, 6.45) is 6.80. The van der Waals surface area contributed by atoms with Crippen molar-refractivity contribution >= 4 is 58.7 Å². The molecule has 76 heavy (non-hydrogen) atoms. The van der Waals surface area contributed by atoms with Crippen LogP contribution in [0.25, 0.3) is 78.1 Å². The number of benzene rings is 7. The third-order valence-corrected chi connectivity index (χ3v) is 17.1. The summed E-state index contributed by atoms with van der Waals surface area (Å²) in [4.78, 5) is 14.6. The van der Waals surface area contributed by atoms with E-state index >= 15 is 0 Å². The summed E-state index contributed by atoms with van der Waals surface area (Å²) >= 11 is 12.2. The zero-order valence-electron chi connectivity index (χ0n) is 43.5. The number of fused-ring (bicyclic) bond motifs is 1. The average molecular weight is 1360 g/mol. The predicted molar refractivity (Wildman–Crippen MR) is 322 cm³/mol. The van der Waals surface area contributed by atoms with Crippen LogP contribution >= 0.6 is 47.8 Å². The fraction of sp³-hybridized carbons (Fsp3) is 0.203. The molecule has 0 N–H and O–H groups in total. The standard InChI is InChI=1S/C69H57Br3N3.Ir/c1-68(2,3)50-31-33-73-66(41-50)45-24-28-59(62(71)39-45)56-20-12-9-17-53(56)48-35-47(52-16-8-11-19-55(52)58-27-23-44(38-61(58)70)65-30-26-43-15-7-14-22-64(43)75-65)36-49(37-48)54-18-10-13-21-57(54)60-29-25-46(40-63(60)72)67-42-51(32-34-74-67)69(4,5)6;/h7-22,26-34,38-42,47-49H,35-37H2,1-6H3;/q-3;+3. The molecule has 10 aromatic rings. The first-order valence-corrected chi connectivity index (χ1v) is 28.3. The summed E-state index contributed by atoms with van der Waals surface area (Å²) in [5, 5.41) is 1.12. The fourth-order valence-electron chi connectivity index (χ4n) is 11.1. The first-order chi connectivity index (χ1) is 36.2. The Bertz CT molecular complexity index is 3600. The Hall–Kier alpha value is -5.66. The summed E-state index contributed by atoms with van der Waals surface area (Å²) in [5.41, 5.74) is 20.2. The first-order valence-electron chi connectivity index (χ1n) is 25.9. The zero-order valence-corrected chi connectivity index (χ0v) is 50.6. The molecule has 3 nitrogen and oxygen atoms in total. The van der Waals surface area contributed by atoms with Gasteiger partial charge in [-0.25, -0.2) is 0 Å². The molecule has 0 saturated heterocycles. The van der Waals surface area contributed by atoms with Crippen LogP contribution < -0.4 is 0 Å². The van der Waals surface area contributed by atoms with E-state index in [0.29, 0.717) is 0 Å². The van der Waals surface area contributed by atoms with Crippen molar-refractivity contribution in [3.8, 4) is 67.2 Å². The van der Waals surface area contributed by atoms with Gasteiger partial charge in [-0.2, -0.15) is 0 Å². The van der Waals surface area contributed by atoms with E-state index in [1.54, 1.807) is 0 Å². The van der Waals surface area contributed by atoms with E-state index in [9.17, 15) is 0 Å². The van der Waals surface area contributed by atoms with Crippen LogP contribution in [0.1, 0.15) is 106 Å². The number of aromatic nitrogens is 3. The van der Waals surface area contributed by atoms with Gasteiger partial charge >= 0.3 is 20.1 Å². The predicted octanol–water partition coefficient (Wildman–Crippen LogP) is 20.1. The van der Waals surface area contributed by atoms with E-state index in [4.69, 9.17) is 15.0 Å². The molecule has 0 radical (unpaired) electrons. The number of hydrogen-bond acceptors (Lipinski definition) is 3. The van der Waals surface area contributed by atoms with Crippen LogP contribution in [0.15, 0.2) is 196 Å². The van der Waals surface area contributed by atoms with Crippen LogP contribution in [0.4, 0.5) is 0 Å². The number of halogens is 3. The quantitative estimate of drug-likeness (QED) is 0.135. The maximum atomic E-state index is 5.01. The van der Waals surface area contributed by atoms with Gasteiger partial charge in [-0.3, -0.25) is 4.98 Å². The first kappa shape index (κ1) is 53.7. The number of para-hydroxylation sites is 1. The Balaban J connectivity index is 0.00000657. The maximum absolute atomic E-state index is 5.01. The summed E-state index contributed by atoms with van der Waals surface area (Å²) in [6.45, 7) is 13.4. The third-order valence-electron chi connectivity index (χ3n) is 15.2. The summed E-state index contributed by atoms with van der Waals surface area (Å²) in [5.74, 6) is 0.701. The smallest absolute Gasteiger partial charge is 0.305 e. The van der Waals surface area contributed by atoms with Gasteiger partial charge in [0.1, 0.15) is 0 Å². The van der Waals surface area contributed by atoms with Crippen molar-refractivity contribution in [1.29, 1.82) is 0 Å². The molecule has 3 heterocycles. The van der Waals surface area contributed by atoms with E-state index in [1.165, 1.54) is 44.5 Å². The number of rotatable bonds is 9. The van der Waals surface area contributed by atoms with Crippen LogP contribution in [-0.4, -0.2) is 15.0 Å². The monoisotopic (exact) mass is 1360 g/mol. The van der Waals surface area contributed by atoms with Gasteiger partial charge < -0.3 is 9.97 Å². The van der Waals surface area contributed by atoms with Crippen molar-refractivity contribution in [3.63, 3.8) is 0 Å². The molecule has 11 rings (SSSR count). The van der Waals surface area contributed by atoms with Gasteiger partial charge in [0.25, 0.3) is 0 Å². The van der Waals surface area contributed by atoms with E-state index in [2.05, 4.69) is 271 Å². The van der Waals surface area contributed by atoms with Crippen LogP contribution in [0.3, 0.4) is 0 Å². The Morgan fingerprint density at radius 2 is 0.776 bits per heavy atom. The van der Waals surface area contributed by atoms with Crippen molar-refractivity contribution < 1.29 is 20.1 Å². The van der Waals surface area contributed by atoms with Crippen molar-refractivity contribution in [2.24, 2.45) is 0 Å². The molecule has 3 aromatic heterocycles. The molecule has 0 amide bonds. The topological polar surface area (TPSA) is 38.7 Å². The number of hydrogen-bond donors (Lipinski definition) is 0. The number of pyridine rings is 3. The van der Waals surface area contributed by atoms with E-state index in [-0.39, 0.29) is 48.7 Å². The molecule has 378 valence electrons. The molecular formula is C69H57Br3IrN3. The Labute approximate surface area is 487 Å². The molecule has 7 aromatic carbocycles. The largest absolute Gasteiger partial charge is 3.00 e. The second-order valence-electron chi connectivity index (χ2n) is 22.1. The minimum absolute atomic E-state index is 0. The van der Waals surface area contributed by atoms with Crippen molar-refractivity contribution in [2.75, 3.05) is 0 Å². The van der Waals surface area contributed by atoms with Gasteiger partial charge in [0.05, 0.1) is 5.52 Å². The molecule has 1 saturated carbocycles. The zero-order chi connectivity index (χ0) is 52.0. The van der Waals surface area contributed by atoms with Gasteiger partial charge in [-0.15, -0.1) is 71.3 Å². The van der Waals surface area contributed by atoms with E-state index in [0.717, 1.165) is 94.0 Å². The molecule has 0 aliphatic heterocycles. The molecule has 1 fully saturated rings. The maximum Gasteiger partial charge on any atom is 3.00 e. The molecule has 0 bridgehead atoms. The van der Waals surface area contributed by atoms with Crippen molar-refractivity contribution in [2.45, 2.75) is 89.4 Å². The van der Waals surface area contributed by atoms with Gasteiger partial charge in [0, 0.05) is 12.4 Å². The summed E-state index contributed by atoms with van der Waals surface area (Å²) in [6, 6.07) is 72.2. The van der Waals surface area contributed by atoms with Crippen molar-refractivity contribution in [3.05, 3.63) is 242 Å². The molecule has 0 spiro atoms. The summed E-state index contributed by atoms with van der Waals surface area (Å²) in [7, 11) is 0. The molecule has 7 heteroatoms. The fourth-order valence-corrected chi connectivity index (χ4v) is 12.8. The normalized spacial score (nSPS) is 15.8. The Morgan fingerprint density at radius 3 is 1.17 bits per heavy atom. The van der Waals surface area contributed by atoms with Gasteiger partial charge in [0.15, 0.2) is 0 Å². The van der Waals surface area contributed by atoms with Crippen LogP contribution in [0, 0.1) is 18.2 Å². The van der Waals surface area contributed by atoms with E-state index in [1.807, 2.05) is 18.5 Å². The minimum atomic E-state index is 0. The molecule has 2 atom stereocenters. The summed E-state index contributed by atoms with van der Waals surface area (Å²) < 4.78 is 3.08. The van der Waals surface area contributed by atoms with Gasteiger partial charge in [-0.05, 0) is 116 Å². The van der Waals surface area contributed by atoms with Gasteiger partial charge in [0.2, 0.25) is 0 Å². The minimum Gasteiger partial charge on any atom is -0.305 e. The number of nitrogens with zero attached hydrogens (tertiary/aromatic N) is 3.